The number of carbonyl (C=O) groups excluding carboxylic acids is 1. The number of benzene rings is 2. The average Bonchev–Trinajstić information content (AvgIpc) is 2.91. The molecule has 0 aliphatic carbocycles. The second kappa shape index (κ2) is 7.30. The maximum absolute atomic E-state index is 12.1. The van der Waals surface area contributed by atoms with Crippen LogP contribution in [0.15, 0.2) is 54.6 Å². The van der Waals surface area contributed by atoms with Crippen LogP contribution in [0, 0.1) is 0 Å². The molecule has 0 amide bonds. The first kappa shape index (κ1) is 16.2. The molecular formula is C20H22N2O2. The quantitative estimate of drug-likeness (QED) is 0.649. The van der Waals surface area contributed by atoms with Crippen molar-refractivity contribution in [3.05, 3.63) is 66.0 Å². The zero-order chi connectivity index (χ0) is 16.9. The molecule has 0 N–H and O–H groups in total. The van der Waals surface area contributed by atoms with Crippen LogP contribution in [0.4, 0.5) is 0 Å². The Bertz CT molecular complexity index is 822. The summed E-state index contributed by atoms with van der Waals surface area (Å²) in [6, 6.07) is 18.2. The molecule has 0 atom stereocenters. The van der Waals surface area contributed by atoms with Crippen LogP contribution in [-0.4, -0.2) is 21.6 Å². The zero-order valence-corrected chi connectivity index (χ0v) is 14.1. The normalized spacial score (nSPS) is 11.1. The summed E-state index contributed by atoms with van der Waals surface area (Å²) in [6.45, 7) is 3.92. The third kappa shape index (κ3) is 3.82. The zero-order valence-electron chi connectivity index (χ0n) is 14.1. The minimum atomic E-state index is -0.228. The van der Waals surface area contributed by atoms with Crippen molar-refractivity contribution in [2.24, 2.45) is 0 Å². The van der Waals surface area contributed by atoms with Gasteiger partial charge in [-0.15, -0.1) is 0 Å². The first-order chi connectivity index (χ1) is 11.6. The Hall–Kier alpha value is -2.62. The molecule has 0 aliphatic heterocycles. The number of imidazole rings is 1. The van der Waals surface area contributed by atoms with Crippen molar-refractivity contribution in [1.82, 2.24) is 9.55 Å². The van der Waals surface area contributed by atoms with E-state index in [0.717, 1.165) is 29.7 Å². The molecule has 0 unspecified atom stereocenters. The number of carbonyl (C=O) groups is 1. The number of para-hydroxylation sites is 2. The third-order valence-corrected chi connectivity index (χ3v) is 3.87. The molecule has 0 saturated carbocycles. The van der Waals surface area contributed by atoms with E-state index in [9.17, 15) is 4.79 Å². The summed E-state index contributed by atoms with van der Waals surface area (Å²) in [4.78, 5) is 16.8. The van der Waals surface area contributed by atoms with Crippen molar-refractivity contribution in [2.45, 2.75) is 39.3 Å². The largest absolute Gasteiger partial charge is 0.462 e. The van der Waals surface area contributed by atoms with Gasteiger partial charge in [0.2, 0.25) is 0 Å². The molecule has 4 nitrogen and oxygen atoms in total. The highest BCUT2D eigenvalue weighted by atomic mass is 16.5. The summed E-state index contributed by atoms with van der Waals surface area (Å²) < 4.78 is 7.28. The van der Waals surface area contributed by atoms with Crippen molar-refractivity contribution in [3.8, 4) is 0 Å². The highest BCUT2D eigenvalue weighted by molar-refractivity contribution is 5.79. The fraction of sp³-hybridized carbons (Fsp3) is 0.300. The van der Waals surface area contributed by atoms with Gasteiger partial charge in [0.15, 0.2) is 0 Å². The van der Waals surface area contributed by atoms with E-state index in [1.807, 2.05) is 60.9 Å². The van der Waals surface area contributed by atoms with Crippen LogP contribution in [0.1, 0.15) is 25.2 Å². The van der Waals surface area contributed by atoms with E-state index in [0.29, 0.717) is 0 Å². The van der Waals surface area contributed by atoms with Crippen molar-refractivity contribution in [3.63, 3.8) is 0 Å². The molecule has 0 spiro atoms. The number of aromatic nitrogens is 2. The Morgan fingerprint density at radius 3 is 2.50 bits per heavy atom. The van der Waals surface area contributed by atoms with Crippen LogP contribution < -0.4 is 0 Å². The van der Waals surface area contributed by atoms with Gasteiger partial charge in [0, 0.05) is 6.42 Å². The van der Waals surface area contributed by atoms with Gasteiger partial charge in [0.05, 0.1) is 17.1 Å². The number of rotatable bonds is 6. The van der Waals surface area contributed by atoms with Gasteiger partial charge in [0.25, 0.3) is 0 Å². The maximum atomic E-state index is 12.1. The van der Waals surface area contributed by atoms with E-state index in [1.165, 1.54) is 5.56 Å². The molecule has 0 radical (unpaired) electrons. The van der Waals surface area contributed by atoms with Gasteiger partial charge in [-0.2, -0.15) is 0 Å². The van der Waals surface area contributed by atoms with Gasteiger partial charge in [0.1, 0.15) is 12.4 Å². The molecule has 24 heavy (non-hydrogen) atoms. The summed E-state index contributed by atoms with van der Waals surface area (Å²) in [5.41, 5.74) is 3.15. The lowest BCUT2D eigenvalue weighted by atomic mass is 10.1. The Balaban J connectivity index is 1.85. The molecule has 0 aliphatic rings. The maximum Gasteiger partial charge on any atom is 0.326 e. The summed E-state index contributed by atoms with van der Waals surface area (Å²) in [7, 11) is 0. The van der Waals surface area contributed by atoms with Crippen LogP contribution in [0.25, 0.3) is 11.0 Å². The smallest absolute Gasteiger partial charge is 0.326 e. The van der Waals surface area contributed by atoms with E-state index >= 15 is 0 Å². The fourth-order valence-corrected chi connectivity index (χ4v) is 2.82. The van der Waals surface area contributed by atoms with E-state index in [1.54, 1.807) is 0 Å². The van der Waals surface area contributed by atoms with Crippen LogP contribution in [0.3, 0.4) is 0 Å². The van der Waals surface area contributed by atoms with Gasteiger partial charge in [-0.05, 0) is 38.0 Å². The third-order valence-electron chi connectivity index (χ3n) is 3.87. The molecule has 0 bridgehead atoms. The van der Waals surface area contributed by atoms with Crippen molar-refractivity contribution >= 4 is 17.0 Å². The average molecular weight is 322 g/mol. The molecule has 4 heteroatoms. The molecular weight excluding hydrogens is 300 g/mol. The molecule has 0 fully saturated rings. The fourth-order valence-electron chi connectivity index (χ4n) is 2.82. The van der Waals surface area contributed by atoms with Gasteiger partial charge >= 0.3 is 5.97 Å². The number of hydrogen-bond donors (Lipinski definition) is 0. The molecule has 124 valence electrons. The minimum absolute atomic E-state index is 0.111. The first-order valence-corrected chi connectivity index (χ1v) is 8.31. The lowest BCUT2D eigenvalue weighted by molar-refractivity contribution is -0.148. The SMILES string of the molecule is CC(C)OC(=O)Cn1c(CCc2ccccc2)nc2ccccc21. The van der Waals surface area contributed by atoms with Crippen molar-refractivity contribution in [1.29, 1.82) is 0 Å². The van der Waals surface area contributed by atoms with E-state index in [-0.39, 0.29) is 18.6 Å². The summed E-state index contributed by atoms with van der Waals surface area (Å²) in [6.07, 6.45) is 1.57. The molecule has 1 heterocycles. The standard InChI is InChI=1S/C20H22N2O2/c1-15(2)24-20(23)14-22-18-11-7-6-10-17(18)21-19(22)13-12-16-8-4-3-5-9-16/h3-11,15H,12-14H2,1-2H3. The topological polar surface area (TPSA) is 44.1 Å². The van der Waals surface area contributed by atoms with Crippen LogP contribution in [0.5, 0.6) is 0 Å². The summed E-state index contributed by atoms with van der Waals surface area (Å²) in [5, 5.41) is 0. The lowest BCUT2D eigenvalue weighted by Crippen LogP contribution is -2.19. The van der Waals surface area contributed by atoms with Gasteiger partial charge in [-0.3, -0.25) is 4.79 Å². The lowest BCUT2D eigenvalue weighted by Gasteiger charge is -2.11. The van der Waals surface area contributed by atoms with Crippen LogP contribution in [0.2, 0.25) is 0 Å². The number of hydrogen-bond acceptors (Lipinski definition) is 3. The van der Waals surface area contributed by atoms with Crippen LogP contribution in [-0.2, 0) is 28.9 Å². The molecule has 0 saturated heterocycles. The number of ether oxygens (including phenoxy) is 1. The van der Waals surface area contributed by atoms with Crippen molar-refractivity contribution < 1.29 is 9.53 Å². The van der Waals surface area contributed by atoms with Gasteiger partial charge in [-0.1, -0.05) is 42.5 Å². The van der Waals surface area contributed by atoms with E-state index < -0.39 is 0 Å². The second-order valence-electron chi connectivity index (χ2n) is 6.13. The Labute approximate surface area is 142 Å². The molecule has 3 rings (SSSR count). The molecule has 3 aromatic rings. The number of aryl methyl sites for hydroxylation is 2. The highest BCUT2D eigenvalue weighted by Gasteiger charge is 2.15. The second-order valence-corrected chi connectivity index (χ2v) is 6.13. The first-order valence-electron chi connectivity index (χ1n) is 8.31. The van der Waals surface area contributed by atoms with E-state index in [2.05, 4.69) is 12.1 Å². The predicted octanol–water partition coefficient (Wildman–Crippen LogP) is 3.77. The van der Waals surface area contributed by atoms with Crippen LogP contribution >= 0.6 is 0 Å². The van der Waals surface area contributed by atoms with Crippen molar-refractivity contribution in [2.75, 3.05) is 0 Å². The molecule has 1 aromatic heterocycles. The Kier molecular flexibility index (Phi) is 4.94. The number of esters is 1. The number of nitrogens with zero attached hydrogens (tertiary/aromatic N) is 2. The van der Waals surface area contributed by atoms with Gasteiger partial charge in [-0.25, -0.2) is 4.98 Å². The summed E-state index contributed by atoms with van der Waals surface area (Å²) >= 11 is 0. The predicted molar refractivity (Wildman–Crippen MR) is 94.8 cm³/mol. The monoisotopic (exact) mass is 322 g/mol. The Morgan fingerprint density at radius 1 is 1.04 bits per heavy atom. The number of fused-ring (bicyclic) bond motifs is 1. The minimum Gasteiger partial charge on any atom is -0.462 e. The molecule has 2 aromatic carbocycles. The summed E-state index contributed by atoms with van der Waals surface area (Å²) in [5.74, 6) is 0.690. The van der Waals surface area contributed by atoms with Gasteiger partial charge < -0.3 is 9.30 Å². The highest BCUT2D eigenvalue weighted by Crippen LogP contribution is 2.18. The Morgan fingerprint density at radius 2 is 1.75 bits per heavy atom. The van der Waals surface area contributed by atoms with E-state index in [4.69, 9.17) is 9.72 Å².